The van der Waals surface area contributed by atoms with Gasteiger partial charge in [0.15, 0.2) is 0 Å². The number of anilines is 1. The summed E-state index contributed by atoms with van der Waals surface area (Å²) in [5.74, 6) is -6.27. The van der Waals surface area contributed by atoms with Crippen LogP contribution < -0.4 is 5.32 Å². The third-order valence-corrected chi connectivity index (χ3v) is 3.29. The average molecular weight is 278 g/mol. The second-order valence-corrected chi connectivity index (χ2v) is 4.44. The number of nitrogens with one attached hydrogen (secondary N) is 1. The lowest BCUT2D eigenvalue weighted by Crippen LogP contribution is -2.24. The van der Waals surface area contributed by atoms with Crippen molar-refractivity contribution >= 4 is 5.69 Å². The van der Waals surface area contributed by atoms with Crippen molar-refractivity contribution in [2.24, 2.45) is 5.92 Å². The first-order valence-electron chi connectivity index (χ1n) is 6.10. The van der Waals surface area contributed by atoms with Gasteiger partial charge in [-0.3, -0.25) is 0 Å². The molecule has 2 heterocycles. The third-order valence-electron chi connectivity index (χ3n) is 3.29. The second-order valence-electron chi connectivity index (χ2n) is 4.44. The van der Waals surface area contributed by atoms with Crippen LogP contribution in [0.15, 0.2) is 0 Å². The van der Waals surface area contributed by atoms with Crippen molar-refractivity contribution < 1.29 is 22.3 Å². The van der Waals surface area contributed by atoms with Crippen LogP contribution >= 0.6 is 0 Å². The number of rotatable bonds is 4. The van der Waals surface area contributed by atoms with Gasteiger partial charge < -0.3 is 10.1 Å². The summed E-state index contributed by atoms with van der Waals surface area (Å²) >= 11 is 0. The van der Waals surface area contributed by atoms with Crippen molar-refractivity contribution in [2.75, 3.05) is 18.5 Å². The minimum atomic E-state index is -1.66. The lowest BCUT2D eigenvalue weighted by Gasteiger charge is -2.18. The summed E-state index contributed by atoms with van der Waals surface area (Å²) in [5.41, 5.74) is -0.813. The number of halogens is 4. The van der Waals surface area contributed by atoms with Crippen LogP contribution in [0.3, 0.4) is 0 Å². The Morgan fingerprint density at radius 1 is 1.21 bits per heavy atom. The molecule has 0 spiro atoms. The summed E-state index contributed by atoms with van der Waals surface area (Å²) in [6.45, 7) is 2.71. The fraction of sp³-hybridized carbons (Fsp3) is 0.583. The fourth-order valence-electron chi connectivity index (χ4n) is 2.25. The molecule has 0 aromatic carbocycles. The zero-order valence-electron chi connectivity index (χ0n) is 10.4. The normalized spacial score (nSPS) is 22.8. The molecule has 2 rings (SSSR count). The van der Waals surface area contributed by atoms with E-state index in [1.165, 1.54) is 0 Å². The molecule has 1 saturated heterocycles. The number of nitrogens with zero attached hydrogens (tertiary/aromatic N) is 1. The Kier molecular flexibility index (Phi) is 4.24. The van der Waals surface area contributed by atoms with Crippen LogP contribution in [0, 0.1) is 29.4 Å². The van der Waals surface area contributed by atoms with Crippen LogP contribution in [0.4, 0.5) is 23.2 Å². The Bertz CT molecular complexity index is 443. The molecule has 2 unspecified atom stereocenters. The van der Waals surface area contributed by atoms with Crippen molar-refractivity contribution in [2.45, 2.75) is 25.9 Å². The molecule has 0 amide bonds. The summed E-state index contributed by atoms with van der Waals surface area (Å²) in [7, 11) is 0. The first kappa shape index (κ1) is 14.0. The molecule has 1 aliphatic rings. The quantitative estimate of drug-likeness (QED) is 0.679. The minimum Gasteiger partial charge on any atom is -0.380 e. The first-order valence-corrected chi connectivity index (χ1v) is 6.10. The number of pyridine rings is 1. The molecule has 2 atom stereocenters. The Morgan fingerprint density at radius 2 is 1.84 bits per heavy atom. The summed E-state index contributed by atoms with van der Waals surface area (Å²) < 4.78 is 58.0. The second kappa shape index (κ2) is 5.73. The van der Waals surface area contributed by atoms with Crippen molar-refractivity contribution in [3.05, 3.63) is 23.5 Å². The maximum Gasteiger partial charge on any atom is 0.253 e. The topological polar surface area (TPSA) is 34.1 Å². The smallest absolute Gasteiger partial charge is 0.253 e. The largest absolute Gasteiger partial charge is 0.380 e. The maximum absolute atomic E-state index is 13.4. The van der Waals surface area contributed by atoms with Gasteiger partial charge in [0.05, 0.1) is 6.10 Å². The van der Waals surface area contributed by atoms with Gasteiger partial charge in [0, 0.05) is 19.1 Å². The first-order chi connectivity index (χ1) is 9.04. The van der Waals surface area contributed by atoms with Crippen molar-refractivity contribution in [3.63, 3.8) is 0 Å². The number of ether oxygens (including phenoxy) is 1. The van der Waals surface area contributed by atoms with E-state index in [0.717, 1.165) is 12.8 Å². The molecule has 0 bridgehead atoms. The predicted molar refractivity (Wildman–Crippen MR) is 60.7 cm³/mol. The van der Waals surface area contributed by atoms with Crippen LogP contribution in [0.5, 0.6) is 0 Å². The van der Waals surface area contributed by atoms with Crippen LogP contribution in [-0.4, -0.2) is 24.2 Å². The standard InChI is InChI=1S/C12H14F4N2O/c1-2-7-6(3-4-19-7)5-17-10-8(13)11(15)18-12(16)9(10)14/h6-7H,2-5H2,1H3,(H,17,18). The zero-order valence-corrected chi connectivity index (χ0v) is 10.4. The van der Waals surface area contributed by atoms with Gasteiger partial charge >= 0.3 is 0 Å². The summed E-state index contributed by atoms with van der Waals surface area (Å²) in [6.07, 6.45) is 1.51. The van der Waals surface area contributed by atoms with Gasteiger partial charge in [-0.15, -0.1) is 0 Å². The van der Waals surface area contributed by atoms with Gasteiger partial charge in [0.1, 0.15) is 5.69 Å². The van der Waals surface area contributed by atoms with E-state index in [9.17, 15) is 17.6 Å². The van der Waals surface area contributed by atoms with E-state index in [4.69, 9.17) is 4.74 Å². The van der Waals surface area contributed by atoms with E-state index in [1.807, 2.05) is 6.92 Å². The minimum absolute atomic E-state index is 0.00449. The molecule has 1 N–H and O–H groups in total. The highest BCUT2D eigenvalue weighted by Gasteiger charge is 2.28. The predicted octanol–water partition coefficient (Wildman–Crippen LogP) is 2.87. The highest BCUT2D eigenvalue weighted by molar-refractivity contribution is 5.45. The van der Waals surface area contributed by atoms with Gasteiger partial charge in [-0.05, 0) is 12.8 Å². The molecular formula is C12H14F4N2O. The number of hydrogen-bond donors (Lipinski definition) is 1. The van der Waals surface area contributed by atoms with E-state index in [2.05, 4.69) is 10.3 Å². The van der Waals surface area contributed by atoms with Gasteiger partial charge in [0.2, 0.25) is 11.6 Å². The van der Waals surface area contributed by atoms with Gasteiger partial charge in [-0.1, -0.05) is 6.92 Å². The molecule has 1 aromatic heterocycles. The van der Waals surface area contributed by atoms with Crippen molar-refractivity contribution in [1.29, 1.82) is 0 Å². The molecule has 1 aliphatic heterocycles. The van der Waals surface area contributed by atoms with E-state index < -0.39 is 29.2 Å². The van der Waals surface area contributed by atoms with Crippen LogP contribution in [0.2, 0.25) is 0 Å². The average Bonchev–Trinajstić information content (AvgIpc) is 2.84. The van der Waals surface area contributed by atoms with E-state index in [1.54, 1.807) is 0 Å². The Labute approximate surface area is 108 Å². The molecule has 7 heteroatoms. The molecule has 19 heavy (non-hydrogen) atoms. The van der Waals surface area contributed by atoms with Gasteiger partial charge in [0.25, 0.3) is 11.9 Å². The lowest BCUT2D eigenvalue weighted by molar-refractivity contribution is 0.0899. The maximum atomic E-state index is 13.4. The van der Waals surface area contributed by atoms with Crippen LogP contribution in [0.25, 0.3) is 0 Å². The molecule has 1 fully saturated rings. The Balaban J connectivity index is 2.11. The van der Waals surface area contributed by atoms with Crippen LogP contribution in [0.1, 0.15) is 19.8 Å². The molecule has 1 aromatic rings. The molecule has 0 saturated carbocycles. The van der Waals surface area contributed by atoms with Crippen LogP contribution in [-0.2, 0) is 4.74 Å². The SMILES string of the molecule is CCC1OCCC1CNc1c(F)c(F)nc(F)c1F. The zero-order chi connectivity index (χ0) is 14.0. The number of aromatic nitrogens is 1. The highest BCUT2D eigenvalue weighted by Crippen LogP contribution is 2.26. The molecule has 0 radical (unpaired) electrons. The molecule has 106 valence electrons. The van der Waals surface area contributed by atoms with Gasteiger partial charge in [-0.25, -0.2) is 0 Å². The van der Waals surface area contributed by atoms with Crippen molar-refractivity contribution in [3.8, 4) is 0 Å². The van der Waals surface area contributed by atoms with Gasteiger partial charge in [-0.2, -0.15) is 22.5 Å². The highest BCUT2D eigenvalue weighted by atomic mass is 19.2. The monoisotopic (exact) mass is 278 g/mol. The third kappa shape index (κ3) is 2.80. The Morgan fingerprint density at radius 3 is 2.42 bits per heavy atom. The van der Waals surface area contributed by atoms with E-state index in [-0.39, 0.29) is 18.6 Å². The summed E-state index contributed by atoms with van der Waals surface area (Å²) in [5, 5.41) is 2.42. The summed E-state index contributed by atoms with van der Waals surface area (Å²) in [4.78, 5) is 2.50. The van der Waals surface area contributed by atoms with E-state index in [0.29, 0.717) is 6.61 Å². The van der Waals surface area contributed by atoms with E-state index >= 15 is 0 Å². The Hall–Kier alpha value is -1.37. The summed E-state index contributed by atoms with van der Waals surface area (Å²) in [6, 6.07) is 0. The number of hydrogen-bond acceptors (Lipinski definition) is 3. The fourth-order valence-corrected chi connectivity index (χ4v) is 2.25. The van der Waals surface area contributed by atoms with Crippen molar-refractivity contribution in [1.82, 2.24) is 4.98 Å². The molecular weight excluding hydrogens is 264 g/mol. The molecule has 3 nitrogen and oxygen atoms in total. The molecule has 0 aliphatic carbocycles. The lowest BCUT2D eigenvalue weighted by atomic mass is 9.99.